The van der Waals surface area contributed by atoms with E-state index in [0.29, 0.717) is 22.6 Å². The van der Waals surface area contributed by atoms with Gasteiger partial charge in [-0.15, -0.1) is 0 Å². The summed E-state index contributed by atoms with van der Waals surface area (Å²) in [5.74, 6) is -0.192. The second-order valence-corrected chi connectivity index (χ2v) is 9.86. The number of anilines is 2. The number of halogens is 2. The molecule has 28 heavy (non-hydrogen) atoms. The molecule has 7 nitrogen and oxygen atoms in total. The van der Waals surface area contributed by atoms with E-state index in [1.165, 1.54) is 18.5 Å². The zero-order chi connectivity index (χ0) is 20.6. The molecule has 0 aliphatic heterocycles. The monoisotopic (exact) mass is 493 g/mol. The first-order valence-corrected chi connectivity index (χ1v) is 12.1. The van der Waals surface area contributed by atoms with Crippen LogP contribution in [0.5, 0.6) is 0 Å². The fourth-order valence-corrected chi connectivity index (χ4v) is 5.09. The Bertz CT molecular complexity index is 849. The Hall–Kier alpha value is -1.30. The summed E-state index contributed by atoms with van der Waals surface area (Å²) in [7, 11) is -4.08. The van der Waals surface area contributed by atoms with Gasteiger partial charge in [0.05, 0.1) is 5.69 Å². The third-order valence-electron chi connectivity index (χ3n) is 4.24. The second-order valence-electron chi connectivity index (χ2n) is 6.57. The molecule has 0 aliphatic rings. The van der Waals surface area contributed by atoms with E-state index >= 15 is 0 Å². The van der Waals surface area contributed by atoms with Crippen LogP contribution in [0.2, 0.25) is 0 Å². The van der Waals surface area contributed by atoms with Gasteiger partial charge in [0, 0.05) is 22.5 Å². The molecule has 0 bridgehead atoms. The van der Waals surface area contributed by atoms with Crippen molar-refractivity contribution in [2.75, 3.05) is 23.1 Å². The standard InChI is InChI=1S/C17H25BrFN5O2S2/c1-12(6-7-20)5-3-2-4-8-21-15-10-14(19)16(9-13(15)18)28(25,26)24-17-22-11-23-27-17/h9-12,21H,2-8,20H2,1H3,(H,22,23,24)/t12-/m0/s1. The summed E-state index contributed by atoms with van der Waals surface area (Å²) >= 11 is 4.19. The molecule has 0 fully saturated rings. The van der Waals surface area contributed by atoms with Crippen LogP contribution in [-0.4, -0.2) is 30.9 Å². The van der Waals surface area contributed by atoms with E-state index < -0.39 is 20.7 Å². The van der Waals surface area contributed by atoms with Crippen molar-refractivity contribution in [3.05, 3.63) is 28.7 Å². The SMILES string of the molecule is C[C@H](CCN)CCCCCNc1cc(F)c(S(=O)(=O)Nc2ncns2)cc1Br. The topological polar surface area (TPSA) is 110 Å². The van der Waals surface area contributed by atoms with E-state index in [9.17, 15) is 12.8 Å². The first-order valence-electron chi connectivity index (χ1n) is 9.06. The van der Waals surface area contributed by atoms with Crippen molar-refractivity contribution < 1.29 is 12.8 Å². The minimum atomic E-state index is -4.08. The quantitative estimate of drug-likeness (QED) is 0.382. The van der Waals surface area contributed by atoms with Crippen LogP contribution >= 0.6 is 27.5 Å². The zero-order valence-corrected chi connectivity index (χ0v) is 18.8. The maximum absolute atomic E-state index is 14.4. The summed E-state index contributed by atoms with van der Waals surface area (Å²) in [5, 5.41) is 3.23. The van der Waals surface area contributed by atoms with Crippen molar-refractivity contribution in [3.8, 4) is 0 Å². The molecule has 1 aromatic heterocycles. The molecule has 1 heterocycles. The van der Waals surface area contributed by atoms with Crippen LogP contribution in [0.25, 0.3) is 0 Å². The Balaban J connectivity index is 1.89. The second kappa shape index (κ2) is 11.0. The predicted octanol–water partition coefficient (Wildman–Crippen LogP) is 4.20. The summed E-state index contributed by atoms with van der Waals surface area (Å²) in [6, 6.07) is 2.43. The molecule has 2 aromatic rings. The Kier molecular flexibility index (Phi) is 9.06. The zero-order valence-electron chi connectivity index (χ0n) is 15.6. The first kappa shape index (κ1) is 23.0. The molecule has 156 valence electrons. The highest BCUT2D eigenvalue weighted by molar-refractivity contribution is 9.10. The number of benzene rings is 1. The van der Waals surface area contributed by atoms with Gasteiger partial charge in [0.1, 0.15) is 17.0 Å². The largest absolute Gasteiger partial charge is 0.384 e. The van der Waals surface area contributed by atoms with E-state index in [-0.39, 0.29) is 5.13 Å². The normalized spacial score (nSPS) is 12.7. The fraction of sp³-hybridized carbons (Fsp3) is 0.529. The van der Waals surface area contributed by atoms with Gasteiger partial charge in [-0.25, -0.2) is 17.8 Å². The lowest BCUT2D eigenvalue weighted by atomic mass is 10.00. The van der Waals surface area contributed by atoms with E-state index in [1.807, 2.05) is 0 Å². The van der Waals surface area contributed by atoms with Gasteiger partial charge in [-0.3, -0.25) is 4.72 Å². The maximum Gasteiger partial charge on any atom is 0.266 e. The summed E-state index contributed by atoms with van der Waals surface area (Å²) in [4.78, 5) is 3.30. The number of rotatable bonds is 12. The van der Waals surface area contributed by atoms with Crippen LogP contribution in [0.1, 0.15) is 39.0 Å². The lowest BCUT2D eigenvalue weighted by Gasteiger charge is -2.13. The molecule has 0 radical (unpaired) electrons. The van der Waals surface area contributed by atoms with Crippen molar-refractivity contribution in [2.45, 2.75) is 43.9 Å². The number of hydrogen-bond donors (Lipinski definition) is 3. The Morgan fingerprint density at radius 1 is 1.29 bits per heavy atom. The molecule has 0 aliphatic carbocycles. The van der Waals surface area contributed by atoms with Gasteiger partial charge < -0.3 is 11.1 Å². The molecule has 0 unspecified atom stereocenters. The molecule has 1 atom stereocenters. The highest BCUT2D eigenvalue weighted by Gasteiger charge is 2.22. The summed E-state index contributed by atoms with van der Waals surface area (Å²) in [6.07, 6.45) is 6.58. The van der Waals surface area contributed by atoms with E-state index in [0.717, 1.165) is 50.2 Å². The van der Waals surface area contributed by atoms with E-state index in [2.05, 4.69) is 42.3 Å². The van der Waals surface area contributed by atoms with Gasteiger partial charge in [-0.2, -0.15) is 4.37 Å². The number of unbranched alkanes of at least 4 members (excludes halogenated alkanes) is 2. The Morgan fingerprint density at radius 3 is 2.75 bits per heavy atom. The molecule has 0 saturated heterocycles. The molecule has 0 saturated carbocycles. The molecule has 0 amide bonds. The van der Waals surface area contributed by atoms with Gasteiger partial charge in [0.25, 0.3) is 10.0 Å². The average Bonchev–Trinajstić information content (AvgIpc) is 3.12. The molecular formula is C17H25BrFN5O2S2. The van der Waals surface area contributed by atoms with Crippen molar-refractivity contribution >= 4 is 48.3 Å². The molecular weight excluding hydrogens is 469 g/mol. The number of aromatic nitrogens is 2. The van der Waals surface area contributed by atoms with Crippen molar-refractivity contribution in [3.63, 3.8) is 0 Å². The summed E-state index contributed by atoms with van der Waals surface area (Å²) in [6.45, 7) is 3.61. The predicted molar refractivity (Wildman–Crippen MR) is 115 cm³/mol. The highest BCUT2D eigenvalue weighted by atomic mass is 79.9. The number of nitrogens with two attached hydrogens (primary N) is 1. The molecule has 4 N–H and O–H groups in total. The highest BCUT2D eigenvalue weighted by Crippen LogP contribution is 2.29. The lowest BCUT2D eigenvalue weighted by Crippen LogP contribution is -2.15. The average molecular weight is 494 g/mol. The number of nitrogens with one attached hydrogen (secondary N) is 2. The van der Waals surface area contributed by atoms with Crippen LogP contribution in [0.4, 0.5) is 15.2 Å². The lowest BCUT2D eigenvalue weighted by molar-refractivity contribution is 0.468. The van der Waals surface area contributed by atoms with Crippen LogP contribution < -0.4 is 15.8 Å². The van der Waals surface area contributed by atoms with Gasteiger partial charge >= 0.3 is 0 Å². The van der Waals surface area contributed by atoms with Gasteiger partial charge in [0.15, 0.2) is 0 Å². The number of sulfonamides is 1. The summed E-state index contributed by atoms with van der Waals surface area (Å²) in [5.41, 5.74) is 6.07. The van der Waals surface area contributed by atoms with Crippen LogP contribution in [0.3, 0.4) is 0 Å². The molecule has 11 heteroatoms. The first-order chi connectivity index (χ1) is 13.3. The molecule has 0 spiro atoms. The molecule has 2 rings (SSSR count). The van der Waals surface area contributed by atoms with Gasteiger partial charge in [0.2, 0.25) is 5.13 Å². The van der Waals surface area contributed by atoms with Crippen LogP contribution in [0.15, 0.2) is 27.8 Å². The van der Waals surface area contributed by atoms with Gasteiger partial charge in [-0.05, 0) is 53.4 Å². The third kappa shape index (κ3) is 6.94. The number of nitrogens with zero attached hydrogens (tertiary/aromatic N) is 2. The Labute approximate surface area is 177 Å². The minimum Gasteiger partial charge on any atom is -0.384 e. The van der Waals surface area contributed by atoms with Gasteiger partial charge in [-0.1, -0.05) is 26.2 Å². The van der Waals surface area contributed by atoms with Crippen molar-refractivity contribution in [1.82, 2.24) is 9.36 Å². The minimum absolute atomic E-state index is 0.0819. The van der Waals surface area contributed by atoms with E-state index in [1.54, 1.807) is 0 Å². The van der Waals surface area contributed by atoms with Crippen molar-refractivity contribution in [1.29, 1.82) is 0 Å². The van der Waals surface area contributed by atoms with Crippen molar-refractivity contribution in [2.24, 2.45) is 11.7 Å². The van der Waals surface area contributed by atoms with Crippen LogP contribution in [0, 0.1) is 11.7 Å². The Morgan fingerprint density at radius 2 is 2.07 bits per heavy atom. The molecule has 1 aromatic carbocycles. The maximum atomic E-state index is 14.4. The summed E-state index contributed by atoms with van der Waals surface area (Å²) < 4.78 is 45.5. The van der Waals surface area contributed by atoms with Crippen LogP contribution in [-0.2, 0) is 10.0 Å². The number of hydrogen-bond acceptors (Lipinski definition) is 7. The smallest absolute Gasteiger partial charge is 0.266 e. The van der Waals surface area contributed by atoms with E-state index in [4.69, 9.17) is 5.73 Å². The fourth-order valence-electron chi connectivity index (χ4n) is 2.70. The third-order valence-corrected chi connectivity index (χ3v) is 6.96.